The van der Waals surface area contributed by atoms with Crippen molar-refractivity contribution < 1.29 is 9.53 Å². The number of ether oxygens (including phenoxy) is 1. The summed E-state index contributed by atoms with van der Waals surface area (Å²) in [7, 11) is 0. The van der Waals surface area contributed by atoms with Crippen molar-refractivity contribution in [3.63, 3.8) is 0 Å². The molecule has 116 valence electrons. The van der Waals surface area contributed by atoms with Gasteiger partial charge >= 0.3 is 0 Å². The molecule has 1 atom stereocenters. The van der Waals surface area contributed by atoms with Crippen LogP contribution < -0.4 is 11.1 Å². The lowest BCUT2D eigenvalue weighted by Gasteiger charge is -2.32. The summed E-state index contributed by atoms with van der Waals surface area (Å²) in [4.78, 5) is 14.2. The zero-order chi connectivity index (χ0) is 15.2. The van der Waals surface area contributed by atoms with Gasteiger partial charge in [0.25, 0.3) is 0 Å². The number of nitrogens with one attached hydrogen (secondary N) is 1. The van der Waals surface area contributed by atoms with E-state index in [0.29, 0.717) is 41.8 Å². The third-order valence-corrected chi connectivity index (χ3v) is 4.00. The number of carbonyl (C=O) groups is 1. The fourth-order valence-electron chi connectivity index (χ4n) is 2.20. The monoisotopic (exact) mass is 331 g/mol. The van der Waals surface area contributed by atoms with E-state index in [2.05, 4.69) is 10.2 Å². The number of carbonyl (C=O) groups excluding carboxylic acids is 1. The standard InChI is InChI=1S/C14H19Cl2N3O2/c15-11-2-1-3-12(16)14(11)18-13(20)4-5-19-6-7-21-10(8-17)9-19/h1-3,10H,4-9,17H2,(H,18,20). The number of para-hydroxylation sites is 1. The Morgan fingerprint density at radius 3 is 2.81 bits per heavy atom. The first-order valence-corrected chi connectivity index (χ1v) is 7.63. The van der Waals surface area contributed by atoms with Crippen LogP contribution in [0, 0.1) is 0 Å². The molecule has 0 saturated carbocycles. The Hall–Kier alpha value is -0.850. The summed E-state index contributed by atoms with van der Waals surface area (Å²) in [5.41, 5.74) is 6.06. The summed E-state index contributed by atoms with van der Waals surface area (Å²) >= 11 is 12.0. The summed E-state index contributed by atoms with van der Waals surface area (Å²) in [6.45, 7) is 3.39. The molecule has 3 N–H and O–H groups in total. The van der Waals surface area contributed by atoms with Crippen molar-refractivity contribution in [3.8, 4) is 0 Å². The Morgan fingerprint density at radius 1 is 1.43 bits per heavy atom. The Balaban J connectivity index is 1.82. The van der Waals surface area contributed by atoms with Gasteiger partial charge in [-0.05, 0) is 12.1 Å². The lowest BCUT2D eigenvalue weighted by molar-refractivity contribution is -0.117. The average molecular weight is 332 g/mol. The summed E-state index contributed by atoms with van der Waals surface area (Å²) in [5, 5.41) is 3.63. The second-order valence-corrected chi connectivity index (χ2v) is 5.74. The van der Waals surface area contributed by atoms with Gasteiger partial charge in [-0.1, -0.05) is 29.3 Å². The van der Waals surface area contributed by atoms with E-state index in [9.17, 15) is 4.79 Å². The van der Waals surface area contributed by atoms with E-state index < -0.39 is 0 Å². The van der Waals surface area contributed by atoms with Crippen LogP contribution in [0.3, 0.4) is 0 Å². The molecule has 1 amide bonds. The van der Waals surface area contributed by atoms with E-state index in [0.717, 1.165) is 13.1 Å². The number of nitrogens with two attached hydrogens (primary N) is 1. The number of amides is 1. The third kappa shape index (κ3) is 4.83. The van der Waals surface area contributed by atoms with Gasteiger partial charge in [-0.2, -0.15) is 0 Å². The number of rotatable bonds is 5. The quantitative estimate of drug-likeness (QED) is 0.865. The van der Waals surface area contributed by atoms with E-state index >= 15 is 0 Å². The van der Waals surface area contributed by atoms with Crippen molar-refractivity contribution in [2.75, 3.05) is 38.1 Å². The van der Waals surface area contributed by atoms with Crippen LogP contribution >= 0.6 is 23.2 Å². The molecular weight excluding hydrogens is 313 g/mol. The minimum atomic E-state index is -0.110. The SMILES string of the molecule is NCC1CN(CCC(=O)Nc2c(Cl)cccc2Cl)CCO1. The van der Waals surface area contributed by atoms with Gasteiger partial charge in [-0.3, -0.25) is 9.69 Å². The highest BCUT2D eigenvalue weighted by molar-refractivity contribution is 6.39. The van der Waals surface area contributed by atoms with Crippen LogP contribution in [0.15, 0.2) is 18.2 Å². The molecule has 1 aromatic rings. The molecular formula is C14H19Cl2N3O2. The molecule has 1 aromatic carbocycles. The van der Waals surface area contributed by atoms with E-state index in [1.54, 1.807) is 18.2 Å². The molecule has 0 spiro atoms. The highest BCUT2D eigenvalue weighted by Crippen LogP contribution is 2.29. The molecule has 21 heavy (non-hydrogen) atoms. The van der Waals surface area contributed by atoms with Gasteiger partial charge in [0.15, 0.2) is 0 Å². The molecule has 0 aromatic heterocycles. The molecule has 1 heterocycles. The summed E-state index contributed by atoms with van der Waals surface area (Å²) in [5.74, 6) is -0.110. The van der Waals surface area contributed by atoms with Gasteiger partial charge in [-0.15, -0.1) is 0 Å². The minimum Gasteiger partial charge on any atom is -0.374 e. The summed E-state index contributed by atoms with van der Waals surface area (Å²) in [6, 6.07) is 5.12. The van der Waals surface area contributed by atoms with Crippen LogP contribution in [0.5, 0.6) is 0 Å². The van der Waals surface area contributed by atoms with Gasteiger partial charge in [0.1, 0.15) is 0 Å². The number of anilines is 1. The first-order valence-electron chi connectivity index (χ1n) is 6.88. The van der Waals surface area contributed by atoms with Crippen LogP contribution in [0.1, 0.15) is 6.42 Å². The van der Waals surface area contributed by atoms with Crippen molar-refractivity contribution in [1.29, 1.82) is 0 Å². The van der Waals surface area contributed by atoms with Crippen LogP contribution in [0.4, 0.5) is 5.69 Å². The molecule has 0 bridgehead atoms. The topological polar surface area (TPSA) is 67.6 Å². The normalized spacial score (nSPS) is 19.5. The number of hydrogen-bond donors (Lipinski definition) is 2. The average Bonchev–Trinajstić information content (AvgIpc) is 2.49. The van der Waals surface area contributed by atoms with E-state index in [-0.39, 0.29) is 12.0 Å². The number of nitrogens with zero attached hydrogens (tertiary/aromatic N) is 1. The van der Waals surface area contributed by atoms with Crippen LogP contribution in [0.25, 0.3) is 0 Å². The van der Waals surface area contributed by atoms with Gasteiger partial charge < -0.3 is 15.8 Å². The number of hydrogen-bond acceptors (Lipinski definition) is 4. The largest absolute Gasteiger partial charge is 0.374 e. The lowest BCUT2D eigenvalue weighted by atomic mass is 10.2. The second-order valence-electron chi connectivity index (χ2n) is 4.92. The number of halogens is 2. The molecule has 5 nitrogen and oxygen atoms in total. The lowest BCUT2D eigenvalue weighted by Crippen LogP contribution is -2.46. The zero-order valence-corrected chi connectivity index (χ0v) is 13.2. The summed E-state index contributed by atoms with van der Waals surface area (Å²) < 4.78 is 5.49. The van der Waals surface area contributed by atoms with Gasteiger partial charge in [0, 0.05) is 32.6 Å². The molecule has 2 rings (SSSR count). The maximum absolute atomic E-state index is 12.0. The van der Waals surface area contributed by atoms with Crippen LogP contribution in [0.2, 0.25) is 10.0 Å². The smallest absolute Gasteiger partial charge is 0.225 e. The minimum absolute atomic E-state index is 0.0554. The van der Waals surface area contributed by atoms with E-state index in [1.807, 2.05) is 0 Å². The fourth-order valence-corrected chi connectivity index (χ4v) is 2.70. The van der Waals surface area contributed by atoms with Crippen molar-refractivity contribution >= 4 is 34.8 Å². The molecule has 0 radical (unpaired) electrons. The van der Waals surface area contributed by atoms with Crippen LogP contribution in [-0.2, 0) is 9.53 Å². The summed E-state index contributed by atoms with van der Waals surface area (Å²) in [6.07, 6.45) is 0.429. The molecule has 1 saturated heterocycles. The first-order chi connectivity index (χ1) is 10.1. The molecule has 1 unspecified atom stereocenters. The maximum Gasteiger partial charge on any atom is 0.225 e. The van der Waals surface area contributed by atoms with Crippen LogP contribution in [-0.4, -0.2) is 49.7 Å². The highest BCUT2D eigenvalue weighted by Gasteiger charge is 2.19. The van der Waals surface area contributed by atoms with Gasteiger partial charge in [-0.25, -0.2) is 0 Å². The molecule has 0 aliphatic carbocycles. The Kier molecular flexibility index (Phi) is 6.26. The van der Waals surface area contributed by atoms with Crippen molar-refractivity contribution in [2.24, 2.45) is 5.73 Å². The molecule has 1 aliphatic heterocycles. The highest BCUT2D eigenvalue weighted by atomic mass is 35.5. The van der Waals surface area contributed by atoms with Crippen molar-refractivity contribution in [3.05, 3.63) is 28.2 Å². The third-order valence-electron chi connectivity index (χ3n) is 3.37. The van der Waals surface area contributed by atoms with Crippen molar-refractivity contribution in [2.45, 2.75) is 12.5 Å². The zero-order valence-electron chi connectivity index (χ0n) is 11.6. The second kappa shape index (κ2) is 7.96. The van der Waals surface area contributed by atoms with Gasteiger partial charge in [0.2, 0.25) is 5.91 Å². The molecule has 1 fully saturated rings. The Bertz CT molecular complexity index is 479. The van der Waals surface area contributed by atoms with Gasteiger partial charge in [0.05, 0.1) is 28.4 Å². The predicted octanol–water partition coefficient (Wildman–Crippen LogP) is 1.98. The Labute approximate surface area is 134 Å². The number of benzene rings is 1. The van der Waals surface area contributed by atoms with E-state index in [4.69, 9.17) is 33.7 Å². The molecule has 7 heteroatoms. The fraction of sp³-hybridized carbons (Fsp3) is 0.500. The number of morpholine rings is 1. The Morgan fingerprint density at radius 2 is 2.14 bits per heavy atom. The maximum atomic E-state index is 12.0. The molecule has 1 aliphatic rings. The predicted molar refractivity (Wildman–Crippen MR) is 84.9 cm³/mol. The first kappa shape index (κ1) is 16.5. The van der Waals surface area contributed by atoms with E-state index in [1.165, 1.54) is 0 Å². The van der Waals surface area contributed by atoms with Crippen molar-refractivity contribution in [1.82, 2.24) is 4.90 Å².